The fraction of sp³-hybridized carbons (Fsp3) is 0.381. The monoisotopic (exact) mass is 367 g/mol. The summed E-state index contributed by atoms with van der Waals surface area (Å²) < 4.78 is 13.2. The summed E-state index contributed by atoms with van der Waals surface area (Å²) in [5, 5.41) is 14.6. The number of fused-ring (bicyclic) bond motifs is 3. The molecule has 2 N–H and O–H groups in total. The first-order chi connectivity index (χ1) is 13.1. The Bertz CT molecular complexity index is 939. The molecular formula is C21H25N3O3. The number of pyridine rings is 1. The van der Waals surface area contributed by atoms with Crippen LogP contribution in [0.5, 0.6) is 0 Å². The van der Waals surface area contributed by atoms with Crippen molar-refractivity contribution < 1.29 is 14.6 Å². The van der Waals surface area contributed by atoms with Crippen LogP contribution in [0.1, 0.15) is 34.7 Å². The lowest BCUT2D eigenvalue weighted by molar-refractivity contribution is -0.0633. The maximum Gasteiger partial charge on any atom is 0.161 e. The number of ether oxygens (including phenoxy) is 2. The summed E-state index contributed by atoms with van der Waals surface area (Å²) in [6.07, 6.45) is 0.813. The van der Waals surface area contributed by atoms with Crippen LogP contribution in [0.3, 0.4) is 0 Å². The van der Waals surface area contributed by atoms with Gasteiger partial charge in [-0.2, -0.15) is 0 Å². The van der Waals surface area contributed by atoms with Gasteiger partial charge in [0, 0.05) is 24.6 Å². The molecule has 3 aromatic rings. The normalized spacial score (nSPS) is 21.9. The molecule has 6 nitrogen and oxygen atoms in total. The van der Waals surface area contributed by atoms with Gasteiger partial charge in [-0.15, -0.1) is 0 Å². The highest BCUT2D eigenvalue weighted by atomic mass is 16.5. The zero-order valence-electron chi connectivity index (χ0n) is 15.8. The summed E-state index contributed by atoms with van der Waals surface area (Å²) in [6, 6.07) is 11.7. The Balaban J connectivity index is 1.82. The number of imidazole rings is 1. The molecule has 1 aromatic carbocycles. The lowest BCUT2D eigenvalue weighted by Gasteiger charge is -2.38. The molecule has 0 spiro atoms. The van der Waals surface area contributed by atoms with E-state index in [-0.39, 0.29) is 6.04 Å². The molecule has 3 heterocycles. The smallest absolute Gasteiger partial charge is 0.161 e. The summed E-state index contributed by atoms with van der Waals surface area (Å²) in [5.74, 6) is 0. The molecule has 0 saturated carbocycles. The van der Waals surface area contributed by atoms with E-state index in [9.17, 15) is 5.11 Å². The first-order valence-electron chi connectivity index (χ1n) is 9.20. The number of aryl methyl sites for hydroxylation is 2. The van der Waals surface area contributed by atoms with Crippen LogP contribution in [0.15, 0.2) is 42.6 Å². The third kappa shape index (κ3) is 3.10. The van der Waals surface area contributed by atoms with E-state index < -0.39 is 12.2 Å². The van der Waals surface area contributed by atoms with Gasteiger partial charge >= 0.3 is 0 Å². The standard InChI is InChI=1S/C21H25N3O3/c1-13-14(2)24-10-9-16-18(21(24)22-13)23-17(15-7-5-4-6-8-15)19(25)20(16)27-12-11-26-3/h4-10,17,19-20,23,25H,11-12H2,1-3H3/t17-,19-,20-/m0/s1. The molecule has 0 amide bonds. The highest BCUT2D eigenvalue weighted by Crippen LogP contribution is 2.43. The van der Waals surface area contributed by atoms with E-state index in [0.29, 0.717) is 13.2 Å². The van der Waals surface area contributed by atoms with Crippen LogP contribution in [-0.4, -0.2) is 40.9 Å². The van der Waals surface area contributed by atoms with Crippen molar-refractivity contribution in [1.82, 2.24) is 9.38 Å². The summed E-state index contributed by atoms with van der Waals surface area (Å²) in [5.41, 5.74) is 5.80. The first kappa shape index (κ1) is 18.0. The molecule has 1 aliphatic rings. The Hall–Kier alpha value is -2.41. The Morgan fingerprint density at radius 1 is 1.15 bits per heavy atom. The highest BCUT2D eigenvalue weighted by Gasteiger charge is 2.38. The minimum atomic E-state index is -0.726. The molecule has 142 valence electrons. The van der Waals surface area contributed by atoms with E-state index in [0.717, 1.165) is 33.8 Å². The number of benzene rings is 1. The van der Waals surface area contributed by atoms with Crippen molar-refractivity contribution in [2.45, 2.75) is 32.1 Å². The zero-order chi connectivity index (χ0) is 19.0. The molecule has 0 bridgehead atoms. The molecule has 0 saturated heterocycles. The first-order valence-corrected chi connectivity index (χ1v) is 9.20. The van der Waals surface area contributed by atoms with Crippen LogP contribution in [0.2, 0.25) is 0 Å². The second-order valence-corrected chi connectivity index (χ2v) is 6.93. The number of nitrogens with zero attached hydrogens (tertiary/aromatic N) is 2. The SMILES string of the molecule is COCCO[C@H]1c2ccn3c(C)c(C)nc3c2N[C@@H](c2ccccc2)[C@@H]1O. The van der Waals surface area contributed by atoms with Crippen molar-refractivity contribution >= 4 is 11.3 Å². The molecule has 1 aliphatic heterocycles. The molecule has 0 radical (unpaired) electrons. The van der Waals surface area contributed by atoms with E-state index in [1.165, 1.54) is 0 Å². The fourth-order valence-corrected chi connectivity index (χ4v) is 3.73. The van der Waals surface area contributed by atoms with Crippen molar-refractivity contribution in [2.75, 3.05) is 25.6 Å². The van der Waals surface area contributed by atoms with Crippen molar-refractivity contribution in [3.05, 3.63) is 65.1 Å². The molecule has 4 rings (SSSR count). The second-order valence-electron chi connectivity index (χ2n) is 6.93. The van der Waals surface area contributed by atoms with Crippen molar-refractivity contribution in [1.29, 1.82) is 0 Å². The molecule has 0 fully saturated rings. The Kier molecular flexibility index (Phi) is 4.86. The van der Waals surface area contributed by atoms with E-state index >= 15 is 0 Å². The summed E-state index contributed by atoms with van der Waals surface area (Å²) in [4.78, 5) is 4.75. The van der Waals surface area contributed by atoms with Crippen LogP contribution < -0.4 is 5.32 Å². The summed E-state index contributed by atoms with van der Waals surface area (Å²) in [7, 11) is 1.64. The van der Waals surface area contributed by atoms with E-state index in [2.05, 4.69) is 16.6 Å². The summed E-state index contributed by atoms with van der Waals surface area (Å²) in [6.45, 7) is 4.96. The number of hydrogen-bond donors (Lipinski definition) is 2. The molecule has 3 atom stereocenters. The molecule has 0 aliphatic carbocycles. The van der Waals surface area contributed by atoms with Crippen LogP contribution in [-0.2, 0) is 9.47 Å². The largest absolute Gasteiger partial charge is 0.388 e. The number of nitrogens with one attached hydrogen (secondary N) is 1. The van der Waals surface area contributed by atoms with Gasteiger partial charge < -0.3 is 24.3 Å². The van der Waals surface area contributed by atoms with E-state index in [1.807, 2.05) is 49.5 Å². The van der Waals surface area contributed by atoms with Gasteiger partial charge in [0.25, 0.3) is 0 Å². The lowest BCUT2D eigenvalue weighted by atomic mass is 9.89. The van der Waals surface area contributed by atoms with Gasteiger partial charge in [0.1, 0.15) is 12.2 Å². The average molecular weight is 367 g/mol. The lowest BCUT2D eigenvalue weighted by Crippen LogP contribution is -2.38. The molecule has 6 heteroatoms. The quantitative estimate of drug-likeness (QED) is 0.678. The summed E-state index contributed by atoms with van der Waals surface area (Å²) >= 11 is 0. The minimum Gasteiger partial charge on any atom is -0.388 e. The van der Waals surface area contributed by atoms with Gasteiger partial charge in [-0.05, 0) is 25.5 Å². The van der Waals surface area contributed by atoms with Crippen LogP contribution in [0.4, 0.5) is 5.69 Å². The minimum absolute atomic E-state index is 0.283. The van der Waals surface area contributed by atoms with Crippen LogP contribution >= 0.6 is 0 Å². The predicted molar refractivity (Wildman–Crippen MR) is 104 cm³/mol. The van der Waals surface area contributed by atoms with Gasteiger partial charge in [-0.1, -0.05) is 30.3 Å². The van der Waals surface area contributed by atoms with Gasteiger partial charge in [0.05, 0.1) is 30.6 Å². The maximum absolute atomic E-state index is 11.1. The van der Waals surface area contributed by atoms with Crippen molar-refractivity contribution in [2.24, 2.45) is 0 Å². The van der Waals surface area contributed by atoms with Gasteiger partial charge in [-0.3, -0.25) is 0 Å². The predicted octanol–water partition coefficient (Wildman–Crippen LogP) is 3.18. The fourth-order valence-electron chi connectivity index (χ4n) is 3.73. The van der Waals surface area contributed by atoms with Gasteiger partial charge in [-0.25, -0.2) is 4.98 Å². The van der Waals surface area contributed by atoms with Crippen LogP contribution in [0, 0.1) is 13.8 Å². The Morgan fingerprint density at radius 3 is 2.67 bits per heavy atom. The van der Waals surface area contributed by atoms with E-state index in [1.54, 1.807) is 7.11 Å². The van der Waals surface area contributed by atoms with Gasteiger partial charge in [0.2, 0.25) is 0 Å². The zero-order valence-corrected chi connectivity index (χ0v) is 15.8. The van der Waals surface area contributed by atoms with E-state index in [4.69, 9.17) is 14.5 Å². The number of rotatable bonds is 5. The topological polar surface area (TPSA) is 68.0 Å². The van der Waals surface area contributed by atoms with Gasteiger partial charge in [0.15, 0.2) is 5.65 Å². The third-order valence-corrected chi connectivity index (χ3v) is 5.30. The maximum atomic E-state index is 11.1. The highest BCUT2D eigenvalue weighted by molar-refractivity contribution is 5.75. The Morgan fingerprint density at radius 2 is 1.93 bits per heavy atom. The number of anilines is 1. The number of aliphatic hydroxyl groups is 1. The molecule has 2 aromatic heterocycles. The second kappa shape index (κ2) is 7.31. The Labute approximate surface area is 158 Å². The molecular weight excluding hydrogens is 342 g/mol. The number of aliphatic hydroxyl groups excluding tert-OH is 1. The molecule has 0 unspecified atom stereocenters. The number of aromatic nitrogens is 2. The molecule has 27 heavy (non-hydrogen) atoms. The number of hydrogen-bond acceptors (Lipinski definition) is 5. The number of methoxy groups -OCH3 is 1. The van der Waals surface area contributed by atoms with Crippen LogP contribution in [0.25, 0.3) is 5.65 Å². The van der Waals surface area contributed by atoms with Crippen molar-refractivity contribution in [3.63, 3.8) is 0 Å². The third-order valence-electron chi connectivity index (χ3n) is 5.30. The average Bonchev–Trinajstić information content (AvgIpc) is 2.98. The van der Waals surface area contributed by atoms with Crippen molar-refractivity contribution in [3.8, 4) is 0 Å².